The van der Waals surface area contributed by atoms with Gasteiger partial charge in [-0.15, -0.1) is 0 Å². The van der Waals surface area contributed by atoms with E-state index in [0.717, 1.165) is 12.8 Å². The molecule has 6 heteroatoms. The highest BCUT2D eigenvalue weighted by Crippen LogP contribution is 2.18. The fourth-order valence-corrected chi connectivity index (χ4v) is 2.96. The van der Waals surface area contributed by atoms with E-state index < -0.39 is 15.6 Å². The minimum atomic E-state index is -3.52. The second-order valence-electron chi connectivity index (χ2n) is 4.56. The zero-order valence-electron chi connectivity index (χ0n) is 11.1. The Balaban J connectivity index is 2.99. The molecule has 1 aromatic heterocycles. The van der Waals surface area contributed by atoms with Gasteiger partial charge in [0.25, 0.3) is 0 Å². The van der Waals surface area contributed by atoms with E-state index in [9.17, 15) is 8.42 Å². The zero-order valence-corrected chi connectivity index (χ0v) is 11.9. The number of rotatable bonds is 6. The van der Waals surface area contributed by atoms with Crippen LogP contribution in [0, 0.1) is 0 Å². The molecule has 0 saturated carbocycles. The fourth-order valence-electron chi connectivity index (χ4n) is 1.47. The molecule has 18 heavy (non-hydrogen) atoms. The molecule has 0 atom stereocenters. The van der Waals surface area contributed by atoms with Crippen LogP contribution < -0.4 is 10.5 Å². The van der Waals surface area contributed by atoms with Crippen LogP contribution in [0.15, 0.2) is 23.2 Å². The molecule has 0 radical (unpaired) electrons. The number of nitrogens with one attached hydrogen (secondary N) is 1. The molecule has 102 valence electrons. The summed E-state index contributed by atoms with van der Waals surface area (Å²) in [5.41, 5.74) is 5.67. The van der Waals surface area contributed by atoms with Gasteiger partial charge in [-0.05, 0) is 31.9 Å². The maximum Gasteiger partial charge on any atom is 0.242 e. The molecular formula is C12H21N3O2S. The molecule has 0 aliphatic carbocycles. The van der Waals surface area contributed by atoms with Crippen molar-refractivity contribution in [3.63, 3.8) is 0 Å². The van der Waals surface area contributed by atoms with Gasteiger partial charge < -0.3 is 5.73 Å². The minimum absolute atomic E-state index is 0.174. The van der Waals surface area contributed by atoms with Crippen LogP contribution in [0.5, 0.6) is 0 Å². The molecular weight excluding hydrogens is 250 g/mol. The first-order chi connectivity index (χ1) is 8.37. The van der Waals surface area contributed by atoms with Gasteiger partial charge in [0.15, 0.2) is 0 Å². The third-order valence-corrected chi connectivity index (χ3v) is 4.88. The zero-order chi connectivity index (χ0) is 13.8. The van der Waals surface area contributed by atoms with Crippen molar-refractivity contribution in [3.05, 3.63) is 24.0 Å². The summed E-state index contributed by atoms with van der Waals surface area (Å²) in [5, 5.41) is 0. The Morgan fingerprint density at radius 1 is 1.33 bits per heavy atom. The highest BCUT2D eigenvalue weighted by molar-refractivity contribution is 7.89. The van der Waals surface area contributed by atoms with Crippen LogP contribution in [0.4, 0.5) is 0 Å². The summed E-state index contributed by atoms with van der Waals surface area (Å²) in [6.45, 7) is 6.12. The van der Waals surface area contributed by atoms with Gasteiger partial charge >= 0.3 is 0 Å². The average molecular weight is 271 g/mol. The summed E-state index contributed by atoms with van der Waals surface area (Å²) >= 11 is 0. The van der Waals surface area contributed by atoms with Crippen molar-refractivity contribution in [2.24, 2.45) is 5.73 Å². The predicted molar refractivity (Wildman–Crippen MR) is 71.4 cm³/mol. The van der Waals surface area contributed by atoms with E-state index in [4.69, 9.17) is 5.73 Å². The Bertz CT molecular complexity index is 479. The molecule has 0 amide bonds. The van der Waals surface area contributed by atoms with Gasteiger partial charge in [0, 0.05) is 18.3 Å². The van der Waals surface area contributed by atoms with Crippen molar-refractivity contribution in [2.75, 3.05) is 0 Å². The van der Waals surface area contributed by atoms with Crippen molar-refractivity contribution >= 4 is 10.0 Å². The molecule has 0 spiro atoms. The maximum atomic E-state index is 12.2. The van der Waals surface area contributed by atoms with Crippen molar-refractivity contribution in [3.8, 4) is 0 Å². The Hall–Kier alpha value is -0.980. The predicted octanol–water partition coefficient (Wildman–Crippen LogP) is 1.40. The lowest BCUT2D eigenvalue weighted by atomic mass is 9.98. The summed E-state index contributed by atoms with van der Waals surface area (Å²) in [6.07, 6.45) is 2.81. The average Bonchev–Trinajstić information content (AvgIpc) is 2.38. The molecule has 1 rings (SSSR count). The normalized spacial score (nSPS) is 12.7. The topological polar surface area (TPSA) is 85.1 Å². The molecule has 0 aromatic carbocycles. The van der Waals surface area contributed by atoms with Crippen LogP contribution >= 0.6 is 0 Å². The van der Waals surface area contributed by atoms with E-state index in [1.165, 1.54) is 12.3 Å². The lowest BCUT2D eigenvalue weighted by Gasteiger charge is -2.27. The van der Waals surface area contributed by atoms with Crippen LogP contribution in [0.3, 0.4) is 0 Å². The van der Waals surface area contributed by atoms with Crippen molar-refractivity contribution in [1.82, 2.24) is 9.71 Å². The van der Waals surface area contributed by atoms with E-state index in [2.05, 4.69) is 9.71 Å². The Morgan fingerprint density at radius 3 is 2.33 bits per heavy atom. The smallest absolute Gasteiger partial charge is 0.242 e. The highest BCUT2D eigenvalue weighted by Gasteiger charge is 2.27. The third kappa shape index (κ3) is 3.51. The number of hydrogen-bond donors (Lipinski definition) is 2. The highest BCUT2D eigenvalue weighted by atomic mass is 32.2. The van der Waals surface area contributed by atoms with Crippen LogP contribution in [0.2, 0.25) is 0 Å². The first-order valence-electron chi connectivity index (χ1n) is 6.06. The van der Waals surface area contributed by atoms with Crippen molar-refractivity contribution < 1.29 is 8.42 Å². The number of nitrogens with two attached hydrogens (primary N) is 1. The van der Waals surface area contributed by atoms with Gasteiger partial charge in [0.2, 0.25) is 10.0 Å². The minimum Gasteiger partial charge on any atom is -0.325 e. The molecule has 3 N–H and O–H groups in total. The molecule has 0 bridgehead atoms. The summed E-state index contributed by atoms with van der Waals surface area (Å²) in [4.78, 5) is 4.17. The van der Waals surface area contributed by atoms with Crippen LogP contribution in [0.1, 0.15) is 39.3 Å². The molecule has 0 unspecified atom stereocenters. The Morgan fingerprint density at radius 2 is 1.94 bits per heavy atom. The van der Waals surface area contributed by atoms with Crippen LogP contribution in [-0.4, -0.2) is 18.9 Å². The standard InChI is InChI=1S/C12H21N3O2S/c1-4-12(3,5-2)15-18(16,17)11-7-6-10(8-13)14-9-11/h6-7,9,15H,4-5,8,13H2,1-3H3. The van der Waals surface area contributed by atoms with Crippen LogP contribution in [0.25, 0.3) is 0 Å². The summed E-state index contributed by atoms with van der Waals surface area (Å²) in [5.74, 6) is 0. The number of nitrogens with zero attached hydrogens (tertiary/aromatic N) is 1. The molecule has 5 nitrogen and oxygen atoms in total. The van der Waals surface area contributed by atoms with Gasteiger partial charge in [-0.1, -0.05) is 13.8 Å². The second-order valence-corrected chi connectivity index (χ2v) is 6.25. The summed E-state index contributed by atoms with van der Waals surface area (Å²) in [7, 11) is -3.52. The first-order valence-corrected chi connectivity index (χ1v) is 7.54. The van der Waals surface area contributed by atoms with E-state index in [-0.39, 0.29) is 4.90 Å². The lowest BCUT2D eigenvalue weighted by Crippen LogP contribution is -2.44. The Labute approximate surface area is 109 Å². The summed E-state index contributed by atoms with van der Waals surface area (Å²) in [6, 6.07) is 3.16. The number of aromatic nitrogens is 1. The molecule has 0 saturated heterocycles. The number of sulfonamides is 1. The number of hydrogen-bond acceptors (Lipinski definition) is 4. The van der Waals surface area contributed by atoms with E-state index >= 15 is 0 Å². The molecule has 0 aliphatic rings. The van der Waals surface area contributed by atoms with Gasteiger partial charge in [-0.2, -0.15) is 0 Å². The van der Waals surface area contributed by atoms with Gasteiger partial charge in [-0.3, -0.25) is 4.98 Å². The van der Waals surface area contributed by atoms with E-state index in [1.807, 2.05) is 20.8 Å². The van der Waals surface area contributed by atoms with Gasteiger partial charge in [-0.25, -0.2) is 13.1 Å². The SMILES string of the molecule is CCC(C)(CC)NS(=O)(=O)c1ccc(CN)nc1. The first kappa shape index (κ1) is 15.1. The Kier molecular flexibility index (Phi) is 4.84. The van der Waals surface area contributed by atoms with E-state index in [0.29, 0.717) is 12.2 Å². The van der Waals surface area contributed by atoms with E-state index in [1.54, 1.807) is 6.07 Å². The quantitative estimate of drug-likeness (QED) is 0.819. The van der Waals surface area contributed by atoms with Gasteiger partial charge in [0.1, 0.15) is 4.90 Å². The molecule has 0 aliphatic heterocycles. The molecule has 1 aromatic rings. The fraction of sp³-hybridized carbons (Fsp3) is 0.583. The summed E-state index contributed by atoms with van der Waals surface area (Å²) < 4.78 is 27.1. The lowest BCUT2D eigenvalue weighted by molar-refractivity contribution is 0.388. The van der Waals surface area contributed by atoms with Crippen LogP contribution in [-0.2, 0) is 16.6 Å². The van der Waals surface area contributed by atoms with Crippen molar-refractivity contribution in [2.45, 2.75) is 50.6 Å². The second kappa shape index (κ2) is 5.77. The maximum absolute atomic E-state index is 12.2. The van der Waals surface area contributed by atoms with Crippen molar-refractivity contribution in [1.29, 1.82) is 0 Å². The molecule has 1 heterocycles. The molecule has 0 fully saturated rings. The number of pyridine rings is 1. The third-order valence-electron chi connectivity index (χ3n) is 3.26. The monoisotopic (exact) mass is 271 g/mol. The van der Waals surface area contributed by atoms with Gasteiger partial charge in [0.05, 0.1) is 5.69 Å². The largest absolute Gasteiger partial charge is 0.325 e.